The fraction of sp³-hybridized carbons (Fsp3) is 0.286. The molecule has 0 fully saturated rings. The van der Waals surface area contributed by atoms with Gasteiger partial charge >= 0.3 is 0 Å². The number of aromatic nitrogens is 2. The molecule has 3 heteroatoms. The van der Waals surface area contributed by atoms with Gasteiger partial charge in [-0.05, 0) is 18.4 Å². The summed E-state index contributed by atoms with van der Waals surface area (Å²) in [5.74, 6) is 0.536. The fourth-order valence-electron chi connectivity index (χ4n) is 1.74. The zero-order valence-corrected chi connectivity index (χ0v) is 10.4. The molecular formula is C14H17N3. The van der Waals surface area contributed by atoms with Crippen LogP contribution >= 0.6 is 0 Å². The zero-order valence-electron chi connectivity index (χ0n) is 10.4. The second kappa shape index (κ2) is 4.53. The van der Waals surface area contributed by atoms with Crippen LogP contribution in [0.5, 0.6) is 0 Å². The van der Waals surface area contributed by atoms with Crippen molar-refractivity contribution in [3.63, 3.8) is 0 Å². The standard InChI is InChI=1S/C14H17N3/c1-9(2)11-4-6-12(7-5-11)14-13(15)10(3)16-8-17-14/h4-9H,15H2,1-3H3. The quantitative estimate of drug-likeness (QED) is 0.857. The summed E-state index contributed by atoms with van der Waals surface area (Å²) in [4.78, 5) is 8.32. The van der Waals surface area contributed by atoms with E-state index >= 15 is 0 Å². The summed E-state index contributed by atoms with van der Waals surface area (Å²) in [7, 11) is 0. The van der Waals surface area contributed by atoms with Gasteiger partial charge in [-0.1, -0.05) is 38.1 Å². The van der Waals surface area contributed by atoms with Gasteiger partial charge in [-0.25, -0.2) is 9.97 Å². The molecule has 2 aromatic rings. The first-order chi connectivity index (χ1) is 8.09. The molecule has 0 aliphatic carbocycles. The first-order valence-corrected chi connectivity index (χ1v) is 5.77. The summed E-state index contributed by atoms with van der Waals surface area (Å²) in [5, 5.41) is 0. The number of hydrogen-bond acceptors (Lipinski definition) is 3. The number of benzene rings is 1. The van der Waals surface area contributed by atoms with Crippen LogP contribution in [0.15, 0.2) is 30.6 Å². The van der Waals surface area contributed by atoms with Crippen LogP contribution in [0.1, 0.15) is 31.0 Å². The van der Waals surface area contributed by atoms with Crippen LogP contribution in [0.4, 0.5) is 5.69 Å². The number of nitrogen functional groups attached to an aromatic ring is 1. The monoisotopic (exact) mass is 227 g/mol. The minimum atomic E-state index is 0.536. The van der Waals surface area contributed by atoms with E-state index in [4.69, 9.17) is 5.73 Å². The van der Waals surface area contributed by atoms with Crippen LogP contribution in [-0.2, 0) is 0 Å². The number of nitrogens with two attached hydrogens (primary N) is 1. The van der Waals surface area contributed by atoms with Crippen molar-refractivity contribution in [1.29, 1.82) is 0 Å². The van der Waals surface area contributed by atoms with Crippen molar-refractivity contribution in [1.82, 2.24) is 9.97 Å². The summed E-state index contributed by atoms with van der Waals surface area (Å²) >= 11 is 0. The summed E-state index contributed by atoms with van der Waals surface area (Å²) in [6, 6.07) is 8.37. The molecule has 2 rings (SSSR count). The molecule has 0 atom stereocenters. The van der Waals surface area contributed by atoms with Gasteiger partial charge < -0.3 is 5.73 Å². The molecular weight excluding hydrogens is 210 g/mol. The Kier molecular flexibility index (Phi) is 3.09. The first kappa shape index (κ1) is 11.6. The lowest BCUT2D eigenvalue weighted by molar-refractivity contribution is 0.867. The second-order valence-corrected chi connectivity index (χ2v) is 4.50. The van der Waals surface area contributed by atoms with Crippen molar-refractivity contribution in [3.8, 4) is 11.3 Å². The van der Waals surface area contributed by atoms with Crippen LogP contribution in [-0.4, -0.2) is 9.97 Å². The van der Waals surface area contributed by atoms with Gasteiger partial charge in [-0.3, -0.25) is 0 Å². The summed E-state index contributed by atoms with van der Waals surface area (Å²) < 4.78 is 0. The van der Waals surface area contributed by atoms with Gasteiger partial charge in [0.1, 0.15) is 6.33 Å². The predicted molar refractivity (Wildman–Crippen MR) is 70.7 cm³/mol. The Morgan fingerprint density at radius 3 is 2.29 bits per heavy atom. The lowest BCUT2D eigenvalue weighted by Gasteiger charge is -2.09. The van der Waals surface area contributed by atoms with E-state index in [-0.39, 0.29) is 0 Å². The largest absolute Gasteiger partial charge is 0.395 e. The van der Waals surface area contributed by atoms with E-state index in [0.29, 0.717) is 11.6 Å². The lowest BCUT2D eigenvalue weighted by Crippen LogP contribution is -1.99. The smallest absolute Gasteiger partial charge is 0.116 e. The molecule has 88 valence electrons. The highest BCUT2D eigenvalue weighted by atomic mass is 14.9. The molecule has 1 aromatic carbocycles. The maximum absolute atomic E-state index is 5.99. The Labute approximate surface area is 102 Å². The molecule has 17 heavy (non-hydrogen) atoms. The van der Waals surface area contributed by atoms with Crippen LogP contribution in [0.2, 0.25) is 0 Å². The van der Waals surface area contributed by atoms with Crippen molar-refractivity contribution >= 4 is 5.69 Å². The fourth-order valence-corrected chi connectivity index (χ4v) is 1.74. The third kappa shape index (κ3) is 2.28. The molecule has 0 saturated carbocycles. The SMILES string of the molecule is Cc1ncnc(-c2ccc(C(C)C)cc2)c1N. The van der Waals surface area contributed by atoms with Crippen molar-refractivity contribution in [2.24, 2.45) is 0 Å². The molecule has 0 aliphatic rings. The number of rotatable bonds is 2. The average Bonchev–Trinajstić information content (AvgIpc) is 2.33. The van der Waals surface area contributed by atoms with Crippen LogP contribution in [0, 0.1) is 6.92 Å². The Hall–Kier alpha value is -1.90. The van der Waals surface area contributed by atoms with E-state index in [0.717, 1.165) is 17.0 Å². The third-order valence-electron chi connectivity index (χ3n) is 2.93. The van der Waals surface area contributed by atoms with E-state index in [2.05, 4.69) is 48.1 Å². The molecule has 0 amide bonds. The number of nitrogens with zero attached hydrogens (tertiary/aromatic N) is 2. The molecule has 0 spiro atoms. The topological polar surface area (TPSA) is 51.8 Å². The average molecular weight is 227 g/mol. The van der Waals surface area contributed by atoms with E-state index in [1.165, 1.54) is 5.56 Å². The molecule has 2 N–H and O–H groups in total. The lowest BCUT2D eigenvalue weighted by atomic mass is 10.0. The molecule has 1 heterocycles. The van der Waals surface area contributed by atoms with Crippen molar-refractivity contribution in [2.45, 2.75) is 26.7 Å². The number of aryl methyl sites for hydroxylation is 1. The summed E-state index contributed by atoms with van der Waals surface area (Å²) in [6.07, 6.45) is 1.55. The van der Waals surface area contributed by atoms with E-state index in [9.17, 15) is 0 Å². The van der Waals surface area contributed by atoms with Gasteiger partial charge in [0, 0.05) is 5.56 Å². The highest BCUT2D eigenvalue weighted by Crippen LogP contribution is 2.26. The molecule has 0 saturated heterocycles. The normalized spacial score (nSPS) is 10.8. The maximum atomic E-state index is 5.99. The van der Waals surface area contributed by atoms with Gasteiger partial charge in [0.2, 0.25) is 0 Å². The Balaban J connectivity index is 2.43. The molecule has 0 aliphatic heterocycles. The van der Waals surface area contributed by atoms with Gasteiger partial charge in [0.15, 0.2) is 0 Å². The third-order valence-corrected chi connectivity index (χ3v) is 2.93. The predicted octanol–water partition coefficient (Wildman–Crippen LogP) is 3.16. The van der Waals surface area contributed by atoms with E-state index < -0.39 is 0 Å². The Morgan fingerprint density at radius 2 is 1.71 bits per heavy atom. The Morgan fingerprint density at radius 1 is 1.06 bits per heavy atom. The van der Waals surface area contributed by atoms with Crippen LogP contribution in [0.25, 0.3) is 11.3 Å². The van der Waals surface area contributed by atoms with Crippen molar-refractivity contribution in [2.75, 3.05) is 5.73 Å². The van der Waals surface area contributed by atoms with Crippen molar-refractivity contribution in [3.05, 3.63) is 41.9 Å². The molecule has 1 aromatic heterocycles. The highest BCUT2D eigenvalue weighted by molar-refractivity contribution is 5.73. The summed E-state index contributed by atoms with van der Waals surface area (Å²) in [6.45, 7) is 6.25. The minimum Gasteiger partial charge on any atom is -0.395 e. The number of anilines is 1. The summed E-state index contributed by atoms with van der Waals surface area (Å²) in [5.41, 5.74) is 10.6. The second-order valence-electron chi connectivity index (χ2n) is 4.50. The van der Waals surface area contributed by atoms with Gasteiger partial charge in [-0.2, -0.15) is 0 Å². The molecule has 3 nitrogen and oxygen atoms in total. The molecule has 0 bridgehead atoms. The van der Waals surface area contributed by atoms with Crippen molar-refractivity contribution < 1.29 is 0 Å². The van der Waals surface area contributed by atoms with Crippen LogP contribution in [0.3, 0.4) is 0 Å². The van der Waals surface area contributed by atoms with Gasteiger partial charge in [0.05, 0.1) is 17.1 Å². The first-order valence-electron chi connectivity index (χ1n) is 5.77. The molecule has 0 radical (unpaired) electrons. The van der Waals surface area contributed by atoms with Gasteiger partial charge in [-0.15, -0.1) is 0 Å². The highest BCUT2D eigenvalue weighted by Gasteiger charge is 2.07. The maximum Gasteiger partial charge on any atom is 0.116 e. The van der Waals surface area contributed by atoms with E-state index in [1.807, 2.05) is 6.92 Å². The van der Waals surface area contributed by atoms with Gasteiger partial charge in [0.25, 0.3) is 0 Å². The zero-order chi connectivity index (χ0) is 12.4. The molecule has 0 unspecified atom stereocenters. The van der Waals surface area contributed by atoms with E-state index in [1.54, 1.807) is 6.33 Å². The Bertz CT molecular complexity index is 515. The minimum absolute atomic E-state index is 0.536. The van der Waals surface area contributed by atoms with Crippen LogP contribution < -0.4 is 5.73 Å². The number of hydrogen-bond donors (Lipinski definition) is 1.